The van der Waals surface area contributed by atoms with Crippen molar-refractivity contribution in [2.24, 2.45) is 5.73 Å². The first kappa shape index (κ1) is 22.7. The van der Waals surface area contributed by atoms with E-state index in [9.17, 15) is 0 Å². The van der Waals surface area contributed by atoms with Crippen LogP contribution < -0.4 is 15.4 Å². The van der Waals surface area contributed by atoms with Crippen molar-refractivity contribution < 1.29 is 9.15 Å². The number of halogens is 1. The van der Waals surface area contributed by atoms with Gasteiger partial charge in [-0.25, -0.2) is 0 Å². The fourth-order valence-electron chi connectivity index (χ4n) is 3.36. The molecule has 0 radical (unpaired) electrons. The number of rotatable bonds is 9. The average Bonchev–Trinajstić information content (AvgIpc) is 3.21. The molecule has 0 aliphatic heterocycles. The zero-order chi connectivity index (χ0) is 20.8. The Labute approximate surface area is 189 Å². The Morgan fingerprint density at radius 1 is 0.968 bits per heavy atom. The second-order valence-electron chi connectivity index (χ2n) is 7.39. The van der Waals surface area contributed by atoms with Crippen LogP contribution in [0.5, 0.6) is 5.75 Å². The quantitative estimate of drug-likeness (QED) is 0.375. The van der Waals surface area contributed by atoms with Crippen LogP contribution in [0.4, 0.5) is 6.01 Å². The predicted octanol–water partition coefficient (Wildman–Crippen LogP) is 5.49. The van der Waals surface area contributed by atoms with E-state index in [1.54, 1.807) is 0 Å². The van der Waals surface area contributed by atoms with E-state index in [1.807, 2.05) is 48.5 Å². The van der Waals surface area contributed by atoms with E-state index >= 15 is 0 Å². The van der Waals surface area contributed by atoms with E-state index in [2.05, 4.69) is 41.1 Å². The van der Waals surface area contributed by atoms with Crippen molar-refractivity contribution in [3.8, 4) is 5.75 Å². The Balaban J connectivity index is 0.00000272. The van der Waals surface area contributed by atoms with Gasteiger partial charge < -0.3 is 19.8 Å². The van der Waals surface area contributed by atoms with E-state index in [-0.39, 0.29) is 12.4 Å². The number of hydrogen-bond acceptors (Lipinski definition) is 5. The molecule has 0 bridgehead atoms. The van der Waals surface area contributed by atoms with Gasteiger partial charge in [0.25, 0.3) is 6.01 Å². The SMILES string of the molecule is Cc1ccccc1COc1ccc(CN(CCCN)c2nc3ccccc3o2)cc1.Cl. The van der Waals surface area contributed by atoms with Crippen molar-refractivity contribution in [1.29, 1.82) is 0 Å². The van der Waals surface area contributed by atoms with Gasteiger partial charge in [0.2, 0.25) is 0 Å². The van der Waals surface area contributed by atoms with Crippen LogP contribution in [0.15, 0.2) is 77.2 Å². The average molecular weight is 438 g/mol. The van der Waals surface area contributed by atoms with Gasteiger partial charge >= 0.3 is 0 Å². The normalized spacial score (nSPS) is 10.6. The predicted molar refractivity (Wildman–Crippen MR) is 128 cm³/mol. The maximum Gasteiger partial charge on any atom is 0.298 e. The molecule has 4 rings (SSSR count). The Morgan fingerprint density at radius 2 is 1.71 bits per heavy atom. The van der Waals surface area contributed by atoms with Crippen LogP contribution in [0.25, 0.3) is 11.1 Å². The van der Waals surface area contributed by atoms with Crippen LogP contribution in [0.2, 0.25) is 0 Å². The molecular weight excluding hydrogens is 410 g/mol. The zero-order valence-corrected chi connectivity index (χ0v) is 18.5. The van der Waals surface area contributed by atoms with Gasteiger partial charge in [0, 0.05) is 13.1 Å². The molecule has 4 aromatic rings. The van der Waals surface area contributed by atoms with Crippen LogP contribution in [-0.4, -0.2) is 18.1 Å². The van der Waals surface area contributed by atoms with Crippen LogP contribution in [0.1, 0.15) is 23.1 Å². The molecule has 31 heavy (non-hydrogen) atoms. The highest BCUT2D eigenvalue weighted by atomic mass is 35.5. The molecule has 0 aliphatic carbocycles. The topological polar surface area (TPSA) is 64.5 Å². The first-order valence-corrected chi connectivity index (χ1v) is 10.3. The highest BCUT2D eigenvalue weighted by Crippen LogP contribution is 2.24. The number of aromatic nitrogens is 1. The number of benzene rings is 3. The summed E-state index contributed by atoms with van der Waals surface area (Å²) in [6.45, 7) is 4.78. The van der Waals surface area contributed by atoms with E-state index in [1.165, 1.54) is 11.1 Å². The monoisotopic (exact) mass is 437 g/mol. The second-order valence-corrected chi connectivity index (χ2v) is 7.39. The summed E-state index contributed by atoms with van der Waals surface area (Å²) in [6, 6.07) is 24.9. The number of nitrogens with zero attached hydrogens (tertiary/aromatic N) is 2. The second kappa shape index (κ2) is 10.8. The highest BCUT2D eigenvalue weighted by Gasteiger charge is 2.14. The smallest absolute Gasteiger partial charge is 0.298 e. The number of fused-ring (bicyclic) bond motifs is 1. The number of aryl methyl sites for hydroxylation is 1. The van der Waals surface area contributed by atoms with Crippen molar-refractivity contribution in [2.45, 2.75) is 26.5 Å². The molecule has 0 atom stereocenters. The minimum Gasteiger partial charge on any atom is -0.489 e. The largest absolute Gasteiger partial charge is 0.489 e. The number of oxazole rings is 1. The van der Waals surface area contributed by atoms with Gasteiger partial charge in [-0.1, -0.05) is 48.5 Å². The van der Waals surface area contributed by atoms with Gasteiger partial charge in [-0.15, -0.1) is 12.4 Å². The minimum absolute atomic E-state index is 0. The summed E-state index contributed by atoms with van der Waals surface area (Å²) >= 11 is 0. The molecule has 5 nitrogen and oxygen atoms in total. The summed E-state index contributed by atoms with van der Waals surface area (Å²) in [5, 5.41) is 0. The van der Waals surface area contributed by atoms with Crippen LogP contribution in [-0.2, 0) is 13.2 Å². The van der Waals surface area contributed by atoms with Crippen molar-refractivity contribution >= 4 is 29.5 Å². The molecule has 0 saturated heterocycles. The Kier molecular flexibility index (Phi) is 7.93. The van der Waals surface area contributed by atoms with Crippen LogP contribution in [0, 0.1) is 6.92 Å². The first-order chi connectivity index (χ1) is 14.7. The third kappa shape index (κ3) is 5.78. The summed E-state index contributed by atoms with van der Waals surface area (Å²) in [6.07, 6.45) is 0.871. The fourth-order valence-corrected chi connectivity index (χ4v) is 3.36. The molecule has 3 aromatic carbocycles. The molecule has 6 heteroatoms. The molecular formula is C25H28ClN3O2. The third-order valence-electron chi connectivity index (χ3n) is 5.14. The third-order valence-corrected chi connectivity index (χ3v) is 5.14. The van der Waals surface area contributed by atoms with Crippen molar-refractivity contribution in [3.63, 3.8) is 0 Å². The Bertz CT molecular complexity index is 1060. The minimum atomic E-state index is 0. The fraction of sp³-hybridized carbons (Fsp3) is 0.240. The molecule has 0 amide bonds. The van der Waals surface area contributed by atoms with Crippen molar-refractivity contribution in [1.82, 2.24) is 4.98 Å². The summed E-state index contributed by atoms with van der Waals surface area (Å²) < 4.78 is 11.9. The van der Waals surface area contributed by atoms with Gasteiger partial charge in [-0.3, -0.25) is 0 Å². The molecule has 0 aliphatic rings. The molecule has 0 spiro atoms. The van der Waals surface area contributed by atoms with Crippen molar-refractivity contribution in [2.75, 3.05) is 18.0 Å². The number of anilines is 1. The molecule has 0 unspecified atom stereocenters. The van der Waals surface area contributed by atoms with Crippen LogP contribution in [0.3, 0.4) is 0 Å². The van der Waals surface area contributed by atoms with E-state index < -0.39 is 0 Å². The number of para-hydroxylation sites is 2. The summed E-state index contributed by atoms with van der Waals surface area (Å²) in [5.41, 5.74) is 11.0. The van der Waals surface area contributed by atoms with Gasteiger partial charge in [0.1, 0.15) is 17.9 Å². The summed E-state index contributed by atoms with van der Waals surface area (Å²) in [5.74, 6) is 0.859. The van der Waals surface area contributed by atoms with Gasteiger partial charge in [0.15, 0.2) is 5.58 Å². The van der Waals surface area contributed by atoms with Gasteiger partial charge in [-0.2, -0.15) is 4.98 Å². The number of ether oxygens (including phenoxy) is 1. The first-order valence-electron chi connectivity index (χ1n) is 10.3. The van der Waals surface area contributed by atoms with Crippen molar-refractivity contribution in [3.05, 3.63) is 89.5 Å². The van der Waals surface area contributed by atoms with E-state index in [0.29, 0.717) is 25.7 Å². The van der Waals surface area contributed by atoms with Crippen LogP contribution >= 0.6 is 12.4 Å². The zero-order valence-electron chi connectivity index (χ0n) is 17.7. The molecule has 162 valence electrons. The number of hydrogen-bond donors (Lipinski definition) is 1. The lowest BCUT2D eigenvalue weighted by Gasteiger charge is -2.20. The molecule has 0 saturated carbocycles. The molecule has 0 fully saturated rings. The highest BCUT2D eigenvalue weighted by molar-refractivity contribution is 5.85. The standard InChI is InChI=1S/C25H27N3O2.ClH/c1-19-7-2-3-8-21(19)18-29-22-13-11-20(12-14-22)17-28(16-6-15-26)25-27-23-9-4-5-10-24(23)30-25;/h2-5,7-14H,6,15-18,26H2,1H3;1H. The van der Waals surface area contributed by atoms with E-state index in [0.717, 1.165) is 35.4 Å². The Morgan fingerprint density at radius 3 is 2.45 bits per heavy atom. The molecule has 1 heterocycles. The maximum absolute atomic E-state index is 5.97. The number of nitrogens with two attached hydrogens (primary N) is 1. The lowest BCUT2D eigenvalue weighted by Crippen LogP contribution is -2.25. The lowest BCUT2D eigenvalue weighted by atomic mass is 10.1. The lowest BCUT2D eigenvalue weighted by molar-refractivity contribution is 0.305. The molecule has 1 aromatic heterocycles. The summed E-state index contributed by atoms with van der Waals surface area (Å²) in [4.78, 5) is 6.78. The maximum atomic E-state index is 5.97. The van der Waals surface area contributed by atoms with Gasteiger partial charge in [0.05, 0.1) is 0 Å². The summed E-state index contributed by atoms with van der Waals surface area (Å²) in [7, 11) is 0. The Hall–Kier alpha value is -3.02. The van der Waals surface area contributed by atoms with Gasteiger partial charge in [-0.05, 0) is 60.8 Å². The molecule has 2 N–H and O–H groups in total. The van der Waals surface area contributed by atoms with E-state index in [4.69, 9.17) is 14.9 Å².